The van der Waals surface area contributed by atoms with Crippen molar-refractivity contribution in [3.63, 3.8) is 0 Å². The average Bonchev–Trinajstić information content (AvgIpc) is 2.75. The summed E-state index contributed by atoms with van der Waals surface area (Å²) in [4.78, 5) is 25.8. The smallest absolute Gasteiger partial charge is 0.354 e. The van der Waals surface area contributed by atoms with Gasteiger partial charge in [-0.1, -0.05) is 12.1 Å². The number of carboxylic acids is 1. The number of aromatic carboxylic acids is 1. The summed E-state index contributed by atoms with van der Waals surface area (Å²) >= 11 is 0. The monoisotopic (exact) mass is 287 g/mol. The minimum absolute atomic E-state index is 0.0383. The second-order valence-corrected chi connectivity index (χ2v) is 4.94. The molecule has 1 aromatic heterocycles. The number of nitrogens with one attached hydrogen (secondary N) is 3. The number of amides is 2. The van der Waals surface area contributed by atoms with Crippen molar-refractivity contribution in [3.05, 3.63) is 46.8 Å². The van der Waals surface area contributed by atoms with Crippen LogP contribution in [0.2, 0.25) is 0 Å². The molecule has 0 radical (unpaired) electrons. The van der Waals surface area contributed by atoms with Gasteiger partial charge in [-0.25, -0.2) is 9.59 Å². The highest BCUT2D eigenvalue weighted by Gasteiger charge is 2.15. The highest BCUT2D eigenvalue weighted by Crippen LogP contribution is 2.19. The van der Waals surface area contributed by atoms with E-state index in [1.165, 1.54) is 0 Å². The SMILES string of the molecule is Cc1ccc(C)c(NC(=O)Nc2cc(C)[nH]c2C(=O)O)c1. The molecular weight excluding hydrogens is 270 g/mol. The second kappa shape index (κ2) is 5.70. The summed E-state index contributed by atoms with van der Waals surface area (Å²) in [5.74, 6) is -1.12. The molecule has 0 atom stereocenters. The molecule has 0 fully saturated rings. The van der Waals surface area contributed by atoms with Gasteiger partial charge in [0, 0.05) is 11.4 Å². The number of aromatic amines is 1. The zero-order valence-corrected chi connectivity index (χ0v) is 12.1. The van der Waals surface area contributed by atoms with E-state index in [1.54, 1.807) is 13.0 Å². The summed E-state index contributed by atoms with van der Waals surface area (Å²) in [6, 6.07) is 6.82. The zero-order valence-electron chi connectivity index (χ0n) is 12.1. The summed E-state index contributed by atoms with van der Waals surface area (Å²) in [5.41, 5.74) is 3.51. The Bertz CT molecular complexity index is 704. The highest BCUT2D eigenvalue weighted by atomic mass is 16.4. The predicted molar refractivity (Wildman–Crippen MR) is 81.0 cm³/mol. The van der Waals surface area contributed by atoms with Crippen LogP contribution in [-0.2, 0) is 0 Å². The molecule has 0 saturated heterocycles. The molecule has 0 aliphatic carbocycles. The van der Waals surface area contributed by atoms with Crippen LogP contribution in [-0.4, -0.2) is 22.1 Å². The first kappa shape index (κ1) is 14.6. The van der Waals surface area contributed by atoms with Crippen molar-refractivity contribution < 1.29 is 14.7 Å². The van der Waals surface area contributed by atoms with Gasteiger partial charge in [0.15, 0.2) is 0 Å². The Morgan fingerprint density at radius 1 is 1.05 bits per heavy atom. The molecule has 2 aromatic rings. The number of carbonyl (C=O) groups excluding carboxylic acids is 1. The van der Waals surface area contributed by atoms with E-state index in [4.69, 9.17) is 5.11 Å². The van der Waals surface area contributed by atoms with Gasteiger partial charge in [-0.15, -0.1) is 0 Å². The van der Waals surface area contributed by atoms with E-state index in [2.05, 4.69) is 15.6 Å². The Balaban J connectivity index is 2.15. The van der Waals surface area contributed by atoms with Gasteiger partial charge >= 0.3 is 12.0 Å². The maximum atomic E-state index is 12.0. The lowest BCUT2D eigenvalue weighted by Crippen LogP contribution is -2.21. The van der Waals surface area contributed by atoms with Crippen molar-refractivity contribution in [2.45, 2.75) is 20.8 Å². The van der Waals surface area contributed by atoms with Gasteiger partial charge in [0.1, 0.15) is 5.69 Å². The van der Waals surface area contributed by atoms with Crippen LogP contribution in [0.25, 0.3) is 0 Å². The quantitative estimate of drug-likeness (QED) is 0.697. The number of benzene rings is 1. The van der Waals surface area contributed by atoms with Crippen LogP contribution >= 0.6 is 0 Å². The van der Waals surface area contributed by atoms with E-state index in [9.17, 15) is 9.59 Å². The van der Waals surface area contributed by atoms with Crippen LogP contribution in [0, 0.1) is 20.8 Å². The minimum atomic E-state index is -1.12. The van der Waals surface area contributed by atoms with Crippen LogP contribution in [0.4, 0.5) is 16.2 Å². The van der Waals surface area contributed by atoms with Gasteiger partial charge in [0.2, 0.25) is 0 Å². The van der Waals surface area contributed by atoms with E-state index >= 15 is 0 Å². The fourth-order valence-corrected chi connectivity index (χ4v) is 2.00. The van der Waals surface area contributed by atoms with Crippen LogP contribution < -0.4 is 10.6 Å². The molecule has 2 rings (SSSR count). The standard InChI is InChI=1S/C15H17N3O3/c1-8-4-5-9(2)11(6-8)17-15(21)18-12-7-10(3)16-13(12)14(19)20/h4-7,16H,1-3H3,(H,19,20)(H2,17,18,21). The maximum absolute atomic E-state index is 12.0. The third-order valence-corrected chi connectivity index (χ3v) is 3.06. The normalized spacial score (nSPS) is 10.2. The molecule has 0 spiro atoms. The Kier molecular flexibility index (Phi) is 3.98. The van der Waals surface area contributed by atoms with Crippen molar-refractivity contribution in [3.8, 4) is 0 Å². The number of aryl methyl sites for hydroxylation is 3. The van der Waals surface area contributed by atoms with Gasteiger partial charge in [0.25, 0.3) is 0 Å². The van der Waals surface area contributed by atoms with E-state index in [1.807, 2.05) is 32.0 Å². The molecular formula is C15H17N3O3. The summed E-state index contributed by atoms with van der Waals surface area (Å²) in [6.07, 6.45) is 0. The number of anilines is 2. The lowest BCUT2D eigenvalue weighted by atomic mass is 10.1. The van der Waals surface area contributed by atoms with Gasteiger partial charge < -0.3 is 20.7 Å². The highest BCUT2D eigenvalue weighted by molar-refractivity contribution is 6.04. The van der Waals surface area contributed by atoms with E-state index in [0.29, 0.717) is 11.4 Å². The van der Waals surface area contributed by atoms with Crippen molar-refractivity contribution in [2.75, 3.05) is 10.6 Å². The number of rotatable bonds is 3. The van der Waals surface area contributed by atoms with E-state index in [-0.39, 0.29) is 11.4 Å². The lowest BCUT2D eigenvalue weighted by molar-refractivity contribution is 0.0692. The zero-order chi connectivity index (χ0) is 15.6. The van der Waals surface area contributed by atoms with Crippen LogP contribution in [0.5, 0.6) is 0 Å². The fourth-order valence-electron chi connectivity index (χ4n) is 2.00. The van der Waals surface area contributed by atoms with Crippen LogP contribution in [0.15, 0.2) is 24.3 Å². The Hall–Kier alpha value is -2.76. The van der Waals surface area contributed by atoms with Crippen LogP contribution in [0.3, 0.4) is 0 Å². The summed E-state index contributed by atoms with van der Waals surface area (Å²) in [7, 11) is 0. The van der Waals surface area contributed by atoms with Crippen molar-refractivity contribution in [1.29, 1.82) is 0 Å². The minimum Gasteiger partial charge on any atom is -0.477 e. The van der Waals surface area contributed by atoms with Crippen LogP contribution in [0.1, 0.15) is 27.3 Å². The third kappa shape index (κ3) is 3.42. The molecule has 0 unspecified atom stereocenters. The molecule has 1 aromatic carbocycles. The molecule has 21 heavy (non-hydrogen) atoms. The molecule has 0 aliphatic heterocycles. The number of urea groups is 1. The average molecular weight is 287 g/mol. The molecule has 6 heteroatoms. The first-order chi connectivity index (χ1) is 9.86. The summed E-state index contributed by atoms with van der Waals surface area (Å²) in [6.45, 7) is 5.54. The van der Waals surface area contributed by atoms with Crippen molar-refractivity contribution >= 4 is 23.4 Å². The van der Waals surface area contributed by atoms with Gasteiger partial charge in [-0.3, -0.25) is 0 Å². The van der Waals surface area contributed by atoms with E-state index < -0.39 is 12.0 Å². The third-order valence-electron chi connectivity index (χ3n) is 3.06. The summed E-state index contributed by atoms with van der Waals surface area (Å²) in [5, 5.41) is 14.3. The number of carbonyl (C=O) groups is 2. The van der Waals surface area contributed by atoms with Gasteiger partial charge in [-0.05, 0) is 44.0 Å². The number of H-pyrrole nitrogens is 1. The number of aromatic nitrogens is 1. The maximum Gasteiger partial charge on any atom is 0.354 e. The predicted octanol–water partition coefficient (Wildman–Crippen LogP) is 3.28. The van der Waals surface area contributed by atoms with Crippen molar-refractivity contribution in [1.82, 2.24) is 4.98 Å². The van der Waals surface area contributed by atoms with Gasteiger partial charge in [0.05, 0.1) is 5.69 Å². The van der Waals surface area contributed by atoms with Gasteiger partial charge in [-0.2, -0.15) is 0 Å². The number of hydrogen-bond donors (Lipinski definition) is 4. The number of hydrogen-bond acceptors (Lipinski definition) is 2. The Labute approximate surface area is 122 Å². The Morgan fingerprint density at radius 2 is 1.71 bits per heavy atom. The van der Waals surface area contributed by atoms with E-state index in [0.717, 1.165) is 11.1 Å². The molecule has 0 bridgehead atoms. The van der Waals surface area contributed by atoms with Crippen molar-refractivity contribution in [2.24, 2.45) is 0 Å². The lowest BCUT2D eigenvalue weighted by Gasteiger charge is -2.10. The topological polar surface area (TPSA) is 94.2 Å². The first-order valence-corrected chi connectivity index (χ1v) is 6.45. The number of carboxylic acid groups (broad SMARTS) is 1. The largest absolute Gasteiger partial charge is 0.477 e. The fraction of sp³-hybridized carbons (Fsp3) is 0.200. The molecule has 6 nitrogen and oxygen atoms in total. The molecule has 110 valence electrons. The molecule has 4 N–H and O–H groups in total. The molecule has 1 heterocycles. The Morgan fingerprint density at radius 3 is 2.38 bits per heavy atom. The second-order valence-electron chi connectivity index (χ2n) is 4.94. The molecule has 2 amide bonds. The molecule has 0 aliphatic rings. The first-order valence-electron chi connectivity index (χ1n) is 6.45. The summed E-state index contributed by atoms with van der Waals surface area (Å²) < 4.78 is 0. The molecule has 0 saturated carbocycles.